The molecule has 0 spiro atoms. The van der Waals surface area contributed by atoms with E-state index in [-0.39, 0.29) is 0 Å². The van der Waals surface area contributed by atoms with E-state index < -0.39 is 0 Å². The summed E-state index contributed by atoms with van der Waals surface area (Å²) in [5.41, 5.74) is 8.09. The third-order valence-electron chi connectivity index (χ3n) is 2.92. The Labute approximate surface area is 108 Å². The molecule has 0 saturated heterocycles. The molecule has 1 heterocycles. The lowest BCUT2D eigenvalue weighted by molar-refractivity contribution is 0.227. The number of benzene rings is 1. The van der Waals surface area contributed by atoms with Crippen LogP contribution in [0.2, 0.25) is 0 Å². The van der Waals surface area contributed by atoms with E-state index in [1.165, 1.54) is 0 Å². The molecule has 4 heteroatoms. The lowest BCUT2D eigenvalue weighted by atomic mass is 10.2. The first-order chi connectivity index (χ1) is 8.60. The van der Waals surface area contributed by atoms with Crippen LogP contribution < -0.4 is 5.73 Å². The Morgan fingerprint density at radius 1 is 1.39 bits per heavy atom. The number of hydrogen-bond donors (Lipinski definition) is 1. The maximum atomic E-state index is 5.88. The molecule has 0 radical (unpaired) electrons. The summed E-state index contributed by atoms with van der Waals surface area (Å²) < 4.78 is 5.73. The Morgan fingerprint density at radius 2 is 2.17 bits per heavy atom. The molecule has 0 aliphatic rings. The van der Waals surface area contributed by atoms with Crippen molar-refractivity contribution >= 4 is 16.8 Å². The summed E-state index contributed by atoms with van der Waals surface area (Å²) in [6, 6.07) is 5.64. The van der Waals surface area contributed by atoms with Crippen LogP contribution in [0.5, 0.6) is 0 Å². The number of hydrogen-bond acceptors (Lipinski definition) is 4. The van der Waals surface area contributed by atoms with E-state index >= 15 is 0 Å². The average Bonchev–Trinajstić information content (AvgIpc) is 2.71. The molecule has 0 amide bonds. The number of para-hydroxylation sites is 1. The molecule has 4 nitrogen and oxygen atoms in total. The molecule has 0 unspecified atom stereocenters. The van der Waals surface area contributed by atoms with Crippen molar-refractivity contribution in [3.63, 3.8) is 0 Å². The number of oxazole rings is 1. The van der Waals surface area contributed by atoms with Crippen LogP contribution in [0.4, 0.5) is 5.69 Å². The van der Waals surface area contributed by atoms with Gasteiger partial charge in [0.05, 0.1) is 12.2 Å². The van der Waals surface area contributed by atoms with Crippen LogP contribution in [-0.4, -0.2) is 23.0 Å². The van der Waals surface area contributed by atoms with E-state index in [9.17, 15) is 0 Å². The van der Waals surface area contributed by atoms with Gasteiger partial charge >= 0.3 is 0 Å². The zero-order valence-electron chi connectivity index (χ0n) is 11.3. The topological polar surface area (TPSA) is 55.3 Å². The second-order valence-electron chi connectivity index (χ2n) is 5.02. The first-order valence-corrected chi connectivity index (χ1v) is 6.46. The molecule has 0 aliphatic heterocycles. The van der Waals surface area contributed by atoms with Gasteiger partial charge in [-0.15, -0.1) is 0 Å². The second kappa shape index (κ2) is 5.40. The van der Waals surface area contributed by atoms with E-state index in [4.69, 9.17) is 10.2 Å². The van der Waals surface area contributed by atoms with Gasteiger partial charge < -0.3 is 10.2 Å². The molecule has 1 aromatic heterocycles. The monoisotopic (exact) mass is 247 g/mol. The number of nitrogens with zero attached hydrogens (tertiary/aromatic N) is 2. The zero-order valence-corrected chi connectivity index (χ0v) is 11.3. The fourth-order valence-corrected chi connectivity index (χ4v) is 2.10. The van der Waals surface area contributed by atoms with Gasteiger partial charge in [-0.05, 0) is 24.6 Å². The van der Waals surface area contributed by atoms with Crippen molar-refractivity contribution < 1.29 is 4.42 Å². The lowest BCUT2D eigenvalue weighted by Crippen LogP contribution is -2.27. The molecule has 0 atom stereocenters. The van der Waals surface area contributed by atoms with Gasteiger partial charge in [0, 0.05) is 6.54 Å². The maximum Gasteiger partial charge on any atom is 0.209 e. The summed E-state index contributed by atoms with van der Waals surface area (Å²) in [5, 5.41) is 0. The summed E-state index contributed by atoms with van der Waals surface area (Å²) in [6.45, 7) is 9.36. The Morgan fingerprint density at radius 3 is 2.78 bits per heavy atom. The molecule has 0 bridgehead atoms. The molecule has 1 aromatic carbocycles. The normalized spacial score (nSPS) is 11.8. The van der Waals surface area contributed by atoms with E-state index in [1.807, 2.05) is 18.2 Å². The number of anilines is 1. The predicted molar refractivity (Wildman–Crippen MR) is 74.2 cm³/mol. The third-order valence-corrected chi connectivity index (χ3v) is 2.92. The minimum absolute atomic E-state index is 0.638. The van der Waals surface area contributed by atoms with Crippen molar-refractivity contribution in [2.45, 2.75) is 27.3 Å². The van der Waals surface area contributed by atoms with Crippen LogP contribution in [0.15, 0.2) is 22.6 Å². The van der Waals surface area contributed by atoms with Crippen LogP contribution >= 0.6 is 0 Å². The van der Waals surface area contributed by atoms with Crippen LogP contribution in [-0.2, 0) is 6.54 Å². The standard InChI is InChI=1S/C14H21N3O/c1-4-17(8-10(2)3)9-13-16-14-11(15)6-5-7-12(14)18-13/h5-7,10H,4,8-9,15H2,1-3H3. The first kappa shape index (κ1) is 12.9. The van der Waals surface area contributed by atoms with Gasteiger partial charge in [-0.25, -0.2) is 4.98 Å². The van der Waals surface area contributed by atoms with Gasteiger partial charge in [-0.2, -0.15) is 0 Å². The molecule has 98 valence electrons. The van der Waals surface area contributed by atoms with Crippen LogP contribution in [0.1, 0.15) is 26.7 Å². The number of aromatic nitrogens is 1. The van der Waals surface area contributed by atoms with Gasteiger partial charge in [0.15, 0.2) is 5.58 Å². The van der Waals surface area contributed by atoms with E-state index in [0.29, 0.717) is 11.6 Å². The Bertz CT molecular complexity index is 519. The maximum absolute atomic E-state index is 5.88. The lowest BCUT2D eigenvalue weighted by Gasteiger charge is -2.20. The van der Waals surface area contributed by atoms with Gasteiger partial charge in [-0.1, -0.05) is 26.8 Å². The highest BCUT2D eigenvalue weighted by Gasteiger charge is 2.12. The van der Waals surface area contributed by atoms with Crippen molar-refractivity contribution in [2.75, 3.05) is 18.8 Å². The van der Waals surface area contributed by atoms with Gasteiger partial charge in [0.2, 0.25) is 5.89 Å². The fourth-order valence-electron chi connectivity index (χ4n) is 2.10. The molecular formula is C14H21N3O. The quantitative estimate of drug-likeness (QED) is 0.825. The largest absolute Gasteiger partial charge is 0.439 e. The molecule has 0 aliphatic carbocycles. The molecule has 18 heavy (non-hydrogen) atoms. The van der Waals surface area contributed by atoms with Gasteiger partial charge in [0.25, 0.3) is 0 Å². The van der Waals surface area contributed by atoms with Crippen molar-refractivity contribution in [2.24, 2.45) is 5.92 Å². The highest BCUT2D eigenvalue weighted by atomic mass is 16.3. The smallest absolute Gasteiger partial charge is 0.209 e. The minimum atomic E-state index is 0.638. The first-order valence-electron chi connectivity index (χ1n) is 6.46. The predicted octanol–water partition coefficient (Wildman–Crippen LogP) is 2.89. The van der Waals surface area contributed by atoms with E-state index in [1.54, 1.807) is 0 Å². The molecular weight excluding hydrogens is 226 g/mol. The van der Waals surface area contributed by atoms with Crippen LogP contribution in [0.25, 0.3) is 11.1 Å². The van der Waals surface area contributed by atoms with Gasteiger partial charge in [0.1, 0.15) is 5.52 Å². The SMILES string of the molecule is CCN(Cc1nc2c(N)cccc2o1)CC(C)C. The third kappa shape index (κ3) is 2.82. The number of rotatable bonds is 5. The van der Waals surface area contributed by atoms with Crippen LogP contribution in [0, 0.1) is 5.92 Å². The van der Waals surface area contributed by atoms with Crippen molar-refractivity contribution in [1.82, 2.24) is 9.88 Å². The highest BCUT2D eigenvalue weighted by Crippen LogP contribution is 2.21. The fraction of sp³-hybridized carbons (Fsp3) is 0.500. The molecule has 0 fully saturated rings. The summed E-state index contributed by atoms with van der Waals surface area (Å²) in [4.78, 5) is 6.80. The summed E-state index contributed by atoms with van der Waals surface area (Å²) >= 11 is 0. The summed E-state index contributed by atoms with van der Waals surface area (Å²) in [5.74, 6) is 1.38. The van der Waals surface area contributed by atoms with Crippen molar-refractivity contribution in [3.8, 4) is 0 Å². The molecule has 2 rings (SSSR count). The molecule has 2 N–H and O–H groups in total. The minimum Gasteiger partial charge on any atom is -0.439 e. The van der Waals surface area contributed by atoms with Crippen molar-refractivity contribution in [1.29, 1.82) is 0 Å². The van der Waals surface area contributed by atoms with E-state index in [0.717, 1.165) is 36.6 Å². The Kier molecular flexibility index (Phi) is 3.87. The van der Waals surface area contributed by atoms with E-state index in [2.05, 4.69) is 30.7 Å². The highest BCUT2D eigenvalue weighted by molar-refractivity contribution is 5.85. The zero-order chi connectivity index (χ0) is 13.1. The Balaban J connectivity index is 2.18. The van der Waals surface area contributed by atoms with Crippen LogP contribution in [0.3, 0.4) is 0 Å². The van der Waals surface area contributed by atoms with Crippen molar-refractivity contribution in [3.05, 3.63) is 24.1 Å². The number of nitrogens with two attached hydrogens (primary N) is 1. The number of fused-ring (bicyclic) bond motifs is 1. The Hall–Kier alpha value is -1.55. The number of nitrogen functional groups attached to an aromatic ring is 1. The summed E-state index contributed by atoms with van der Waals surface area (Å²) in [6.07, 6.45) is 0. The second-order valence-corrected chi connectivity index (χ2v) is 5.02. The summed E-state index contributed by atoms with van der Waals surface area (Å²) in [7, 11) is 0. The molecule has 2 aromatic rings. The van der Waals surface area contributed by atoms with Gasteiger partial charge in [-0.3, -0.25) is 4.90 Å². The average molecular weight is 247 g/mol. The molecule has 0 saturated carbocycles.